The van der Waals surface area contributed by atoms with E-state index in [1.165, 1.54) is 34.8 Å². The number of aromatic carboxylic acids is 2. The van der Waals surface area contributed by atoms with E-state index in [1.54, 1.807) is 0 Å². The van der Waals surface area contributed by atoms with Crippen LogP contribution >= 0.6 is 22.7 Å². The molecule has 6 heteroatoms. The quantitative estimate of drug-likeness (QED) is 0.676. The summed E-state index contributed by atoms with van der Waals surface area (Å²) in [6.45, 7) is 3.84. The Morgan fingerprint density at radius 3 is 1.38 bits per heavy atom. The predicted molar refractivity (Wildman–Crippen MR) is 96.5 cm³/mol. The summed E-state index contributed by atoms with van der Waals surface area (Å²) in [6.07, 6.45) is 0. The summed E-state index contributed by atoms with van der Waals surface area (Å²) in [5.74, 6) is -2.13. The van der Waals surface area contributed by atoms with Crippen LogP contribution in [-0.2, 0) is 0 Å². The van der Waals surface area contributed by atoms with Crippen molar-refractivity contribution in [1.29, 1.82) is 0 Å². The molecule has 3 aromatic rings. The van der Waals surface area contributed by atoms with Gasteiger partial charge in [-0.1, -0.05) is 0 Å². The zero-order valence-electron chi connectivity index (χ0n) is 13.0. The molecule has 2 N–H and O–H groups in total. The smallest absolute Gasteiger partial charge is 0.336 e. The van der Waals surface area contributed by atoms with Crippen LogP contribution < -0.4 is 0 Å². The highest BCUT2D eigenvalue weighted by atomic mass is 32.1. The Kier molecular flexibility index (Phi) is 4.26. The van der Waals surface area contributed by atoms with E-state index in [4.69, 9.17) is 0 Å². The molecule has 0 unspecified atom stereocenters. The lowest BCUT2D eigenvalue weighted by Gasteiger charge is -2.11. The summed E-state index contributed by atoms with van der Waals surface area (Å²) in [4.78, 5) is 25.0. The molecule has 24 heavy (non-hydrogen) atoms. The Hall–Kier alpha value is -2.44. The highest BCUT2D eigenvalue weighted by Gasteiger charge is 2.21. The van der Waals surface area contributed by atoms with Gasteiger partial charge in [0.1, 0.15) is 0 Å². The summed E-state index contributed by atoms with van der Waals surface area (Å²) in [5.41, 5.74) is 3.14. The fraction of sp³-hybridized carbons (Fsp3) is 0.111. The van der Waals surface area contributed by atoms with Crippen molar-refractivity contribution < 1.29 is 19.8 Å². The molecule has 2 aromatic heterocycles. The molecule has 4 nitrogen and oxygen atoms in total. The van der Waals surface area contributed by atoms with Crippen molar-refractivity contribution >= 4 is 34.6 Å². The molecule has 122 valence electrons. The number of hydrogen-bond donors (Lipinski definition) is 2. The first kappa shape index (κ1) is 16.4. The summed E-state index contributed by atoms with van der Waals surface area (Å²) in [5, 5.41) is 23.0. The maximum atomic E-state index is 11.7. The van der Waals surface area contributed by atoms with Gasteiger partial charge in [-0.15, -0.1) is 22.7 Å². The average Bonchev–Trinajstić information content (AvgIpc) is 3.14. The Morgan fingerprint density at radius 2 is 1.12 bits per heavy atom. The van der Waals surface area contributed by atoms with E-state index in [1.807, 2.05) is 36.7 Å². The largest absolute Gasteiger partial charge is 0.478 e. The molecular formula is C18H14O4S2. The molecule has 0 saturated heterocycles. The van der Waals surface area contributed by atoms with E-state index in [-0.39, 0.29) is 11.1 Å². The molecule has 0 radical (unpaired) electrons. The van der Waals surface area contributed by atoms with Crippen LogP contribution in [0.2, 0.25) is 0 Å². The number of benzene rings is 1. The maximum absolute atomic E-state index is 11.7. The van der Waals surface area contributed by atoms with E-state index in [0.29, 0.717) is 11.1 Å². The third-order valence-electron chi connectivity index (χ3n) is 3.61. The van der Waals surface area contributed by atoms with Gasteiger partial charge in [0.15, 0.2) is 0 Å². The minimum absolute atomic E-state index is 0.114. The fourth-order valence-electron chi connectivity index (χ4n) is 2.51. The molecule has 1 aromatic carbocycles. The van der Waals surface area contributed by atoms with Crippen LogP contribution in [0.1, 0.15) is 31.8 Å². The summed E-state index contributed by atoms with van der Waals surface area (Å²) < 4.78 is 0. The van der Waals surface area contributed by atoms with Crippen LogP contribution in [0.3, 0.4) is 0 Å². The minimum atomic E-state index is -1.07. The van der Waals surface area contributed by atoms with Crippen LogP contribution in [0, 0.1) is 13.8 Å². The van der Waals surface area contributed by atoms with Crippen LogP contribution in [0.5, 0.6) is 0 Å². The number of carboxylic acids is 2. The van der Waals surface area contributed by atoms with Crippen LogP contribution in [-0.4, -0.2) is 22.2 Å². The standard InChI is InChI=1S/C18H14O4S2/c1-9-3-15(23-7-9)11-5-14(18(21)22)12(6-13(11)17(19)20)16-4-10(2)8-24-16/h3-8H,1-2H3,(H,19,20)(H,21,22). The molecule has 0 spiro atoms. The first-order chi connectivity index (χ1) is 11.4. The number of carboxylic acid groups (broad SMARTS) is 2. The fourth-order valence-corrected chi connectivity index (χ4v) is 4.37. The van der Waals surface area contributed by atoms with Crippen molar-refractivity contribution in [3.05, 3.63) is 57.3 Å². The van der Waals surface area contributed by atoms with Crippen LogP contribution in [0.4, 0.5) is 0 Å². The molecule has 0 atom stereocenters. The van der Waals surface area contributed by atoms with Crippen LogP contribution in [0.25, 0.3) is 20.9 Å². The topological polar surface area (TPSA) is 74.6 Å². The second-order valence-corrected chi connectivity index (χ2v) is 7.35. The van der Waals surface area contributed by atoms with Crippen molar-refractivity contribution in [2.75, 3.05) is 0 Å². The minimum Gasteiger partial charge on any atom is -0.478 e. The van der Waals surface area contributed by atoms with Gasteiger partial charge >= 0.3 is 11.9 Å². The number of thiophene rings is 2. The predicted octanol–water partition coefficient (Wildman–Crippen LogP) is 5.16. The molecule has 0 saturated carbocycles. The number of hydrogen-bond acceptors (Lipinski definition) is 4. The SMILES string of the molecule is Cc1csc(-c2cc(C(=O)O)c(-c3cc(C)cs3)cc2C(=O)O)c1. The molecule has 0 amide bonds. The van der Waals surface area contributed by atoms with Crippen LogP contribution in [0.15, 0.2) is 35.0 Å². The van der Waals surface area contributed by atoms with Crippen molar-refractivity contribution in [3.63, 3.8) is 0 Å². The van der Waals surface area contributed by atoms with Gasteiger partial charge in [-0.2, -0.15) is 0 Å². The summed E-state index contributed by atoms with van der Waals surface area (Å²) >= 11 is 2.81. The Bertz CT molecular complexity index is 872. The molecule has 0 aliphatic heterocycles. The molecule has 2 heterocycles. The van der Waals surface area contributed by atoms with Gasteiger partial charge in [-0.05, 0) is 60.0 Å². The van der Waals surface area contributed by atoms with E-state index < -0.39 is 11.9 Å². The van der Waals surface area contributed by atoms with Crippen molar-refractivity contribution in [2.24, 2.45) is 0 Å². The third-order valence-corrected chi connectivity index (χ3v) is 5.77. The first-order valence-electron chi connectivity index (χ1n) is 7.12. The molecule has 0 aliphatic carbocycles. The highest BCUT2D eigenvalue weighted by Crippen LogP contribution is 2.37. The second-order valence-electron chi connectivity index (χ2n) is 5.53. The molecule has 0 aliphatic rings. The van der Waals surface area contributed by atoms with Crippen molar-refractivity contribution in [2.45, 2.75) is 13.8 Å². The van der Waals surface area contributed by atoms with Gasteiger partial charge in [-0.3, -0.25) is 0 Å². The Morgan fingerprint density at radius 1 is 0.750 bits per heavy atom. The Labute approximate surface area is 146 Å². The third kappa shape index (κ3) is 2.98. The van der Waals surface area contributed by atoms with E-state index in [0.717, 1.165) is 20.9 Å². The lowest BCUT2D eigenvalue weighted by Crippen LogP contribution is -2.05. The van der Waals surface area contributed by atoms with Gasteiger partial charge in [0.25, 0.3) is 0 Å². The van der Waals surface area contributed by atoms with E-state index in [9.17, 15) is 19.8 Å². The van der Waals surface area contributed by atoms with E-state index >= 15 is 0 Å². The molecular weight excluding hydrogens is 344 g/mol. The average molecular weight is 358 g/mol. The number of aryl methyl sites for hydroxylation is 2. The molecule has 0 fully saturated rings. The number of carbonyl (C=O) groups is 2. The summed E-state index contributed by atoms with van der Waals surface area (Å²) in [7, 11) is 0. The molecule has 3 rings (SSSR count). The lowest BCUT2D eigenvalue weighted by atomic mass is 9.96. The van der Waals surface area contributed by atoms with Gasteiger partial charge in [-0.25, -0.2) is 9.59 Å². The van der Waals surface area contributed by atoms with Gasteiger partial charge < -0.3 is 10.2 Å². The van der Waals surface area contributed by atoms with Gasteiger partial charge in [0.2, 0.25) is 0 Å². The highest BCUT2D eigenvalue weighted by molar-refractivity contribution is 7.14. The first-order valence-corrected chi connectivity index (χ1v) is 8.88. The monoisotopic (exact) mass is 358 g/mol. The number of rotatable bonds is 4. The zero-order chi connectivity index (χ0) is 17.4. The normalized spacial score (nSPS) is 10.8. The van der Waals surface area contributed by atoms with Crippen molar-refractivity contribution in [3.8, 4) is 20.9 Å². The second kappa shape index (κ2) is 6.22. The van der Waals surface area contributed by atoms with Gasteiger partial charge in [0.05, 0.1) is 11.1 Å². The summed E-state index contributed by atoms with van der Waals surface area (Å²) in [6, 6.07) is 6.68. The van der Waals surface area contributed by atoms with Gasteiger partial charge in [0, 0.05) is 20.9 Å². The zero-order valence-corrected chi connectivity index (χ0v) is 14.6. The Balaban J connectivity index is 2.30. The van der Waals surface area contributed by atoms with E-state index in [2.05, 4.69) is 0 Å². The maximum Gasteiger partial charge on any atom is 0.336 e. The van der Waals surface area contributed by atoms with Crippen molar-refractivity contribution in [1.82, 2.24) is 0 Å². The molecule has 0 bridgehead atoms. The lowest BCUT2D eigenvalue weighted by molar-refractivity contribution is 0.0682.